The highest BCUT2D eigenvalue weighted by atomic mass is 35.5. The van der Waals surface area contributed by atoms with Crippen molar-refractivity contribution in [3.05, 3.63) is 59.3 Å². The molecule has 0 radical (unpaired) electrons. The minimum absolute atomic E-state index is 0.260. The van der Waals surface area contributed by atoms with Crippen molar-refractivity contribution in [2.45, 2.75) is 32.9 Å². The zero-order chi connectivity index (χ0) is 18.7. The van der Waals surface area contributed by atoms with Crippen LogP contribution in [0.25, 0.3) is 0 Å². The van der Waals surface area contributed by atoms with Gasteiger partial charge in [-0.25, -0.2) is 9.37 Å². The molecule has 136 valence electrons. The molecule has 8 heteroatoms. The number of halogens is 2. The van der Waals surface area contributed by atoms with Crippen LogP contribution in [0.3, 0.4) is 0 Å². The van der Waals surface area contributed by atoms with E-state index >= 15 is 0 Å². The van der Waals surface area contributed by atoms with E-state index in [0.29, 0.717) is 22.4 Å². The molecule has 2 heterocycles. The Morgan fingerprint density at radius 2 is 1.92 bits per heavy atom. The summed E-state index contributed by atoms with van der Waals surface area (Å²) in [6.07, 6.45) is 5.07. The Hall–Kier alpha value is -2.67. The van der Waals surface area contributed by atoms with Crippen molar-refractivity contribution in [1.82, 2.24) is 19.7 Å². The number of aromatic nitrogens is 4. The summed E-state index contributed by atoms with van der Waals surface area (Å²) in [4.78, 5) is 8.57. The molecule has 1 aromatic carbocycles. The van der Waals surface area contributed by atoms with E-state index in [-0.39, 0.29) is 17.9 Å². The first-order chi connectivity index (χ1) is 12.4. The molecule has 0 amide bonds. The summed E-state index contributed by atoms with van der Waals surface area (Å²) < 4.78 is 15.8. The van der Waals surface area contributed by atoms with E-state index in [1.165, 1.54) is 12.3 Å². The number of benzene rings is 1. The molecule has 0 saturated carbocycles. The molecule has 1 unspecified atom stereocenters. The molecule has 0 aliphatic rings. The molecule has 0 saturated heterocycles. The van der Waals surface area contributed by atoms with Crippen molar-refractivity contribution in [2.24, 2.45) is 0 Å². The Morgan fingerprint density at radius 1 is 1.15 bits per heavy atom. The highest BCUT2D eigenvalue weighted by molar-refractivity contribution is 6.32. The van der Waals surface area contributed by atoms with Gasteiger partial charge < -0.3 is 10.6 Å². The third-order valence-electron chi connectivity index (χ3n) is 3.86. The molecule has 0 aliphatic carbocycles. The SMILES string of the molecule is CC(Nc1nc(Nc2cnn(C(C)C)c2)ncc1Cl)c1ccccc1F. The zero-order valence-electron chi connectivity index (χ0n) is 14.7. The normalized spacial score (nSPS) is 12.2. The second-order valence-electron chi connectivity index (χ2n) is 6.21. The van der Waals surface area contributed by atoms with Gasteiger partial charge in [-0.3, -0.25) is 4.68 Å². The van der Waals surface area contributed by atoms with E-state index in [0.717, 1.165) is 5.69 Å². The molecule has 0 aliphatic heterocycles. The smallest absolute Gasteiger partial charge is 0.229 e. The first kappa shape index (κ1) is 18.1. The van der Waals surface area contributed by atoms with Crippen LogP contribution >= 0.6 is 11.6 Å². The third-order valence-corrected chi connectivity index (χ3v) is 4.13. The van der Waals surface area contributed by atoms with Gasteiger partial charge in [0.15, 0.2) is 5.82 Å². The Kier molecular flexibility index (Phi) is 5.37. The van der Waals surface area contributed by atoms with Gasteiger partial charge in [0.05, 0.1) is 24.1 Å². The lowest BCUT2D eigenvalue weighted by molar-refractivity contribution is 0.532. The van der Waals surface area contributed by atoms with Crippen molar-refractivity contribution in [3.8, 4) is 0 Å². The van der Waals surface area contributed by atoms with E-state index in [1.54, 1.807) is 24.4 Å². The monoisotopic (exact) mass is 374 g/mol. The molecule has 3 rings (SSSR count). The van der Waals surface area contributed by atoms with Gasteiger partial charge in [0.1, 0.15) is 10.8 Å². The van der Waals surface area contributed by atoms with Gasteiger partial charge in [-0.05, 0) is 26.8 Å². The number of hydrogen-bond donors (Lipinski definition) is 2. The van der Waals surface area contributed by atoms with E-state index in [9.17, 15) is 4.39 Å². The summed E-state index contributed by atoms with van der Waals surface area (Å²) in [6, 6.07) is 6.55. The van der Waals surface area contributed by atoms with Gasteiger partial charge in [0, 0.05) is 17.8 Å². The number of hydrogen-bond acceptors (Lipinski definition) is 5. The molecule has 2 N–H and O–H groups in total. The third kappa shape index (κ3) is 4.11. The number of anilines is 3. The van der Waals surface area contributed by atoms with Crippen molar-refractivity contribution in [3.63, 3.8) is 0 Å². The summed E-state index contributed by atoms with van der Waals surface area (Å²) in [7, 11) is 0. The first-order valence-corrected chi connectivity index (χ1v) is 8.66. The Balaban J connectivity index is 1.78. The summed E-state index contributed by atoms with van der Waals surface area (Å²) in [5.74, 6) is 0.522. The van der Waals surface area contributed by atoms with Gasteiger partial charge in [-0.1, -0.05) is 29.8 Å². The second kappa shape index (κ2) is 7.70. The van der Waals surface area contributed by atoms with Gasteiger partial charge in [-0.2, -0.15) is 10.1 Å². The van der Waals surface area contributed by atoms with Crippen LogP contribution in [0.1, 0.15) is 38.4 Å². The number of nitrogens with zero attached hydrogens (tertiary/aromatic N) is 4. The summed E-state index contributed by atoms with van der Waals surface area (Å²) in [5, 5.41) is 10.8. The fourth-order valence-electron chi connectivity index (χ4n) is 2.45. The molecule has 0 spiro atoms. The van der Waals surface area contributed by atoms with Crippen LogP contribution < -0.4 is 10.6 Å². The molecule has 0 fully saturated rings. The van der Waals surface area contributed by atoms with Crippen molar-refractivity contribution in [2.75, 3.05) is 10.6 Å². The van der Waals surface area contributed by atoms with Gasteiger partial charge in [-0.15, -0.1) is 0 Å². The fraction of sp³-hybridized carbons (Fsp3) is 0.278. The predicted octanol–water partition coefficient (Wildman–Crippen LogP) is 4.96. The average molecular weight is 375 g/mol. The predicted molar refractivity (Wildman–Crippen MR) is 101 cm³/mol. The lowest BCUT2D eigenvalue weighted by Gasteiger charge is -2.17. The van der Waals surface area contributed by atoms with Crippen LogP contribution in [0.2, 0.25) is 5.02 Å². The summed E-state index contributed by atoms with van der Waals surface area (Å²) >= 11 is 6.19. The van der Waals surface area contributed by atoms with Crippen LogP contribution in [0.15, 0.2) is 42.9 Å². The van der Waals surface area contributed by atoms with E-state index in [2.05, 4.69) is 25.7 Å². The van der Waals surface area contributed by atoms with Crippen LogP contribution in [-0.2, 0) is 0 Å². The topological polar surface area (TPSA) is 67.7 Å². The van der Waals surface area contributed by atoms with E-state index in [1.807, 2.05) is 31.6 Å². The number of rotatable bonds is 6. The van der Waals surface area contributed by atoms with E-state index < -0.39 is 0 Å². The zero-order valence-corrected chi connectivity index (χ0v) is 15.5. The standard InChI is InChI=1S/C18H20ClFN6/c1-11(2)26-10-13(8-22-26)24-18-21-9-15(19)17(25-18)23-12(3)14-6-4-5-7-16(14)20/h4-12H,1-3H3,(H2,21,23,24,25). The van der Waals surface area contributed by atoms with Crippen LogP contribution in [-0.4, -0.2) is 19.7 Å². The van der Waals surface area contributed by atoms with Gasteiger partial charge >= 0.3 is 0 Å². The largest absolute Gasteiger partial charge is 0.362 e. The van der Waals surface area contributed by atoms with Crippen molar-refractivity contribution in [1.29, 1.82) is 0 Å². The Morgan fingerprint density at radius 3 is 2.62 bits per heavy atom. The summed E-state index contributed by atoms with van der Waals surface area (Å²) in [6.45, 7) is 5.93. The average Bonchev–Trinajstić information content (AvgIpc) is 3.07. The second-order valence-corrected chi connectivity index (χ2v) is 6.61. The van der Waals surface area contributed by atoms with Crippen LogP contribution in [0.4, 0.5) is 21.8 Å². The van der Waals surface area contributed by atoms with Crippen LogP contribution in [0.5, 0.6) is 0 Å². The van der Waals surface area contributed by atoms with Crippen molar-refractivity contribution >= 4 is 29.1 Å². The molecule has 26 heavy (non-hydrogen) atoms. The molecule has 2 aromatic heterocycles. The maximum Gasteiger partial charge on any atom is 0.229 e. The van der Waals surface area contributed by atoms with Gasteiger partial charge in [0.2, 0.25) is 5.95 Å². The molecule has 0 bridgehead atoms. The quantitative estimate of drug-likeness (QED) is 0.638. The highest BCUT2D eigenvalue weighted by Gasteiger charge is 2.14. The first-order valence-electron chi connectivity index (χ1n) is 8.28. The fourth-order valence-corrected chi connectivity index (χ4v) is 2.60. The Bertz CT molecular complexity index is 895. The van der Waals surface area contributed by atoms with Gasteiger partial charge in [0.25, 0.3) is 0 Å². The molecular formula is C18H20ClFN6. The summed E-state index contributed by atoms with van der Waals surface area (Å²) in [5.41, 5.74) is 1.31. The lowest BCUT2D eigenvalue weighted by atomic mass is 10.1. The van der Waals surface area contributed by atoms with Crippen molar-refractivity contribution < 1.29 is 4.39 Å². The maximum atomic E-state index is 14.0. The molecular weight excluding hydrogens is 355 g/mol. The highest BCUT2D eigenvalue weighted by Crippen LogP contribution is 2.26. The molecule has 3 aromatic rings. The van der Waals surface area contributed by atoms with E-state index in [4.69, 9.17) is 11.6 Å². The number of nitrogens with one attached hydrogen (secondary N) is 2. The minimum atomic E-state index is -0.305. The lowest BCUT2D eigenvalue weighted by Crippen LogP contribution is -2.11. The molecule has 1 atom stereocenters. The minimum Gasteiger partial charge on any atom is -0.362 e. The molecule has 6 nitrogen and oxygen atoms in total. The van der Waals surface area contributed by atoms with Crippen LogP contribution in [0, 0.1) is 5.82 Å². The maximum absolute atomic E-state index is 14.0. The Labute approximate surface area is 156 Å².